The van der Waals surface area contributed by atoms with Crippen molar-refractivity contribution < 1.29 is 4.74 Å². The second-order valence-corrected chi connectivity index (χ2v) is 1.38. The lowest BCUT2D eigenvalue weighted by atomic mass is 10.4. The molecule has 0 saturated heterocycles. The molecule has 0 spiro atoms. The Hall–Kier alpha value is -1.12. The monoisotopic (exact) mass is 110 g/mol. The van der Waals surface area contributed by atoms with Crippen LogP contribution in [0.15, 0.2) is 29.2 Å². The van der Waals surface area contributed by atoms with Gasteiger partial charge >= 0.3 is 0 Å². The predicted octanol–water partition coefficient (Wildman–Crippen LogP) is 1.45. The van der Waals surface area contributed by atoms with E-state index in [1.807, 2.05) is 0 Å². The molecule has 0 aromatic rings. The van der Waals surface area contributed by atoms with Crippen LogP contribution in [-0.2, 0) is 4.74 Å². The Labute approximate surface area is 47.2 Å². The molecule has 3 nitrogen and oxygen atoms in total. The Morgan fingerprint density at radius 1 is 1.75 bits per heavy atom. The Morgan fingerprint density at radius 3 is 3.00 bits per heavy atom. The highest BCUT2D eigenvalue weighted by Gasteiger charge is 1.91. The molecule has 1 N–H and O–H groups in total. The van der Waals surface area contributed by atoms with Crippen molar-refractivity contribution >= 4 is 0 Å². The number of nitrogens with one attached hydrogen (secondary N) is 1. The van der Waals surface area contributed by atoms with Gasteiger partial charge in [-0.25, -0.2) is 5.53 Å². The van der Waals surface area contributed by atoms with Crippen LogP contribution in [0.1, 0.15) is 0 Å². The molecule has 0 unspecified atom stereocenters. The smallest absolute Gasteiger partial charge is 0.108 e. The maximum absolute atomic E-state index is 6.55. The molecule has 0 aromatic carbocycles. The third-order valence-corrected chi connectivity index (χ3v) is 0.853. The van der Waals surface area contributed by atoms with E-state index in [1.54, 1.807) is 12.2 Å². The minimum Gasteiger partial charge on any atom is -0.497 e. The van der Waals surface area contributed by atoms with Gasteiger partial charge in [-0.05, 0) is 12.2 Å². The van der Waals surface area contributed by atoms with Gasteiger partial charge in [-0.2, -0.15) is 5.11 Å². The molecule has 1 rings (SSSR count). The first kappa shape index (κ1) is 5.03. The standard InChI is InChI=1S/C5H6N2O/c6-7-5-1-3-8-4-2-5/h1-3,6H,4H2. The summed E-state index contributed by atoms with van der Waals surface area (Å²) in [5.74, 6) is 0. The molecule has 0 atom stereocenters. The van der Waals surface area contributed by atoms with Gasteiger partial charge in [0.1, 0.15) is 6.61 Å². The molecule has 1 aliphatic rings. The summed E-state index contributed by atoms with van der Waals surface area (Å²) in [6.07, 6.45) is 4.93. The van der Waals surface area contributed by atoms with E-state index in [1.165, 1.54) is 6.26 Å². The Kier molecular flexibility index (Phi) is 1.42. The van der Waals surface area contributed by atoms with E-state index >= 15 is 0 Å². The third-order valence-electron chi connectivity index (χ3n) is 0.853. The molecule has 3 heteroatoms. The zero-order valence-electron chi connectivity index (χ0n) is 4.29. The number of allylic oxidation sites excluding steroid dienone is 1. The third kappa shape index (κ3) is 0.932. The van der Waals surface area contributed by atoms with Crippen LogP contribution in [0.5, 0.6) is 0 Å². The van der Waals surface area contributed by atoms with Crippen molar-refractivity contribution in [1.29, 1.82) is 5.53 Å². The topological polar surface area (TPSA) is 45.4 Å². The Morgan fingerprint density at radius 2 is 2.62 bits per heavy atom. The first-order chi connectivity index (χ1) is 3.93. The summed E-state index contributed by atoms with van der Waals surface area (Å²) in [4.78, 5) is 0. The highest BCUT2D eigenvalue weighted by molar-refractivity contribution is 5.16. The lowest BCUT2D eigenvalue weighted by Gasteiger charge is -1.99. The summed E-state index contributed by atoms with van der Waals surface area (Å²) in [5, 5.41) is 3.19. The van der Waals surface area contributed by atoms with E-state index in [2.05, 4.69) is 5.11 Å². The lowest BCUT2D eigenvalue weighted by Crippen LogP contribution is -1.88. The van der Waals surface area contributed by atoms with Crippen molar-refractivity contribution in [3.8, 4) is 0 Å². The van der Waals surface area contributed by atoms with Gasteiger partial charge in [-0.3, -0.25) is 0 Å². The van der Waals surface area contributed by atoms with Crippen LogP contribution in [0.2, 0.25) is 0 Å². The first-order valence-corrected chi connectivity index (χ1v) is 2.29. The van der Waals surface area contributed by atoms with Gasteiger partial charge in [0.25, 0.3) is 0 Å². The Balaban J connectivity index is 2.64. The fourth-order valence-electron chi connectivity index (χ4n) is 0.458. The number of rotatable bonds is 1. The summed E-state index contributed by atoms with van der Waals surface area (Å²) < 4.78 is 4.80. The number of hydrogen-bond acceptors (Lipinski definition) is 3. The van der Waals surface area contributed by atoms with E-state index in [9.17, 15) is 0 Å². The van der Waals surface area contributed by atoms with E-state index in [0.29, 0.717) is 12.3 Å². The molecule has 0 amide bonds. The van der Waals surface area contributed by atoms with Crippen molar-refractivity contribution in [2.24, 2.45) is 5.11 Å². The molecule has 0 bridgehead atoms. The Bertz CT molecular complexity index is 149. The zero-order valence-corrected chi connectivity index (χ0v) is 4.29. The zero-order chi connectivity index (χ0) is 5.82. The number of ether oxygens (including phenoxy) is 1. The van der Waals surface area contributed by atoms with Crippen molar-refractivity contribution in [2.75, 3.05) is 6.61 Å². The minimum atomic E-state index is 0.536. The predicted molar refractivity (Wildman–Crippen MR) is 28.3 cm³/mol. The number of nitrogens with zero attached hydrogens (tertiary/aromatic N) is 1. The molecule has 8 heavy (non-hydrogen) atoms. The minimum absolute atomic E-state index is 0.536. The van der Waals surface area contributed by atoms with Crippen LogP contribution in [-0.4, -0.2) is 6.61 Å². The summed E-state index contributed by atoms with van der Waals surface area (Å²) in [6, 6.07) is 0. The molecule has 0 aliphatic carbocycles. The van der Waals surface area contributed by atoms with Gasteiger partial charge in [-0.15, -0.1) is 0 Å². The first-order valence-electron chi connectivity index (χ1n) is 2.29. The van der Waals surface area contributed by atoms with Crippen LogP contribution in [0.25, 0.3) is 0 Å². The van der Waals surface area contributed by atoms with Gasteiger partial charge in [0, 0.05) is 0 Å². The van der Waals surface area contributed by atoms with Crippen LogP contribution in [0.4, 0.5) is 0 Å². The summed E-state index contributed by atoms with van der Waals surface area (Å²) in [6.45, 7) is 0.536. The van der Waals surface area contributed by atoms with Gasteiger partial charge in [0.2, 0.25) is 0 Å². The van der Waals surface area contributed by atoms with Crippen LogP contribution in [0.3, 0.4) is 0 Å². The lowest BCUT2D eigenvalue weighted by molar-refractivity contribution is 0.284. The SMILES string of the molecule is N=NC1=CCOC=C1. The van der Waals surface area contributed by atoms with E-state index in [-0.39, 0.29) is 0 Å². The highest BCUT2D eigenvalue weighted by Crippen LogP contribution is 2.02. The number of hydrogen-bond donors (Lipinski definition) is 1. The normalized spacial score (nSPS) is 16.8. The molecular weight excluding hydrogens is 104 g/mol. The summed E-state index contributed by atoms with van der Waals surface area (Å²) in [7, 11) is 0. The second kappa shape index (κ2) is 2.26. The van der Waals surface area contributed by atoms with E-state index in [0.717, 1.165) is 0 Å². The van der Waals surface area contributed by atoms with Crippen LogP contribution < -0.4 is 0 Å². The molecule has 0 radical (unpaired) electrons. The fraction of sp³-hybridized carbons (Fsp3) is 0.200. The van der Waals surface area contributed by atoms with E-state index in [4.69, 9.17) is 10.3 Å². The highest BCUT2D eigenvalue weighted by atomic mass is 16.5. The molecule has 0 fully saturated rings. The van der Waals surface area contributed by atoms with E-state index < -0.39 is 0 Å². The molecule has 42 valence electrons. The van der Waals surface area contributed by atoms with Gasteiger partial charge < -0.3 is 4.74 Å². The van der Waals surface area contributed by atoms with Crippen molar-refractivity contribution in [2.45, 2.75) is 0 Å². The average Bonchev–Trinajstić information content (AvgIpc) is 1.90. The summed E-state index contributed by atoms with van der Waals surface area (Å²) >= 11 is 0. The molecule has 0 aromatic heterocycles. The maximum Gasteiger partial charge on any atom is 0.108 e. The van der Waals surface area contributed by atoms with Crippen molar-refractivity contribution in [3.05, 3.63) is 24.1 Å². The largest absolute Gasteiger partial charge is 0.497 e. The van der Waals surface area contributed by atoms with Gasteiger partial charge in [0.15, 0.2) is 0 Å². The van der Waals surface area contributed by atoms with Crippen LogP contribution >= 0.6 is 0 Å². The van der Waals surface area contributed by atoms with Crippen molar-refractivity contribution in [3.63, 3.8) is 0 Å². The fourth-order valence-corrected chi connectivity index (χ4v) is 0.458. The molecule has 1 aliphatic heterocycles. The quantitative estimate of drug-likeness (QED) is 0.510. The average molecular weight is 110 g/mol. The van der Waals surface area contributed by atoms with Gasteiger partial charge in [0.05, 0.1) is 12.0 Å². The molecule has 0 saturated carbocycles. The maximum atomic E-state index is 6.55. The van der Waals surface area contributed by atoms with Crippen LogP contribution in [0, 0.1) is 5.53 Å². The molecular formula is C5H6N2O. The second-order valence-electron chi connectivity index (χ2n) is 1.38. The van der Waals surface area contributed by atoms with Crippen molar-refractivity contribution in [1.82, 2.24) is 0 Å². The van der Waals surface area contributed by atoms with Gasteiger partial charge in [-0.1, -0.05) is 0 Å². The molecule has 1 heterocycles. The summed E-state index contributed by atoms with van der Waals surface area (Å²) in [5.41, 5.74) is 7.21.